The maximum absolute atomic E-state index is 12.8. The van der Waals surface area contributed by atoms with Gasteiger partial charge in [-0.2, -0.15) is 0 Å². The van der Waals surface area contributed by atoms with E-state index in [4.69, 9.17) is 0 Å². The summed E-state index contributed by atoms with van der Waals surface area (Å²) in [5, 5.41) is 10.8. The summed E-state index contributed by atoms with van der Waals surface area (Å²) in [7, 11) is 1.82. The molecule has 2 saturated carbocycles. The summed E-state index contributed by atoms with van der Waals surface area (Å²) in [6.07, 6.45) is 7.04. The van der Waals surface area contributed by atoms with Crippen LogP contribution in [-0.4, -0.2) is 37.1 Å². The number of nitrogens with zero attached hydrogens (tertiary/aromatic N) is 4. The van der Waals surface area contributed by atoms with Gasteiger partial charge in [0, 0.05) is 7.05 Å². The topological polar surface area (TPSA) is 80.1 Å². The summed E-state index contributed by atoms with van der Waals surface area (Å²) in [5.74, 6) is 1.89. The van der Waals surface area contributed by atoms with Crippen LogP contribution in [0.4, 0.5) is 4.79 Å². The van der Waals surface area contributed by atoms with E-state index < -0.39 is 11.6 Å². The number of aromatic nitrogens is 3. The van der Waals surface area contributed by atoms with Crippen molar-refractivity contribution >= 4 is 11.9 Å². The molecule has 118 valence electrons. The number of urea groups is 1. The van der Waals surface area contributed by atoms with Gasteiger partial charge in [-0.05, 0) is 31.6 Å². The molecule has 3 amide bonds. The average Bonchev–Trinajstić information content (AvgIpc) is 2.89. The van der Waals surface area contributed by atoms with Gasteiger partial charge in [0.05, 0.1) is 6.04 Å². The van der Waals surface area contributed by atoms with E-state index in [-0.39, 0.29) is 11.9 Å². The van der Waals surface area contributed by atoms with Crippen molar-refractivity contribution in [1.29, 1.82) is 0 Å². The van der Waals surface area contributed by atoms with Crippen molar-refractivity contribution in [2.45, 2.75) is 50.6 Å². The van der Waals surface area contributed by atoms with Gasteiger partial charge in [0.15, 0.2) is 5.82 Å². The van der Waals surface area contributed by atoms with Crippen LogP contribution >= 0.6 is 0 Å². The first-order chi connectivity index (χ1) is 10.5. The van der Waals surface area contributed by atoms with E-state index in [1.54, 1.807) is 10.9 Å². The molecule has 1 aliphatic heterocycles. The molecule has 1 aromatic rings. The van der Waals surface area contributed by atoms with E-state index >= 15 is 0 Å². The lowest BCUT2D eigenvalue weighted by Crippen LogP contribution is -2.59. The fourth-order valence-corrected chi connectivity index (χ4v) is 4.14. The van der Waals surface area contributed by atoms with E-state index in [1.165, 1.54) is 24.2 Å². The van der Waals surface area contributed by atoms with Gasteiger partial charge >= 0.3 is 6.03 Å². The first kappa shape index (κ1) is 13.7. The molecule has 2 heterocycles. The Morgan fingerprint density at radius 3 is 2.59 bits per heavy atom. The molecule has 7 nitrogen and oxygen atoms in total. The predicted molar refractivity (Wildman–Crippen MR) is 77.6 cm³/mol. The second-order valence-electron chi connectivity index (χ2n) is 7.02. The van der Waals surface area contributed by atoms with Crippen LogP contribution in [-0.2, 0) is 11.8 Å². The van der Waals surface area contributed by atoms with Crippen molar-refractivity contribution in [3.05, 3.63) is 12.2 Å². The first-order valence-electron chi connectivity index (χ1n) is 8.01. The molecule has 3 fully saturated rings. The van der Waals surface area contributed by atoms with Gasteiger partial charge in [0.2, 0.25) is 0 Å². The van der Waals surface area contributed by atoms with Gasteiger partial charge in [-0.25, -0.2) is 4.79 Å². The highest BCUT2D eigenvalue weighted by Crippen LogP contribution is 2.51. The molecule has 2 aliphatic carbocycles. The van der Waals surface area contributed by atoms with Crippen LogP contribution in [0.5, 0.6) is 0 Å². The summed E-state index contributed by atoms with van der Waals surface area (Å²) in [5.41, 5.74) is -0.649. The summed E-state index contributed by atoms with van der Waals surface area (Å²) < 4.78 is 1.74. The monoisotopic (exact) mass is 303 g/mol. The largest absolute Gasteiger partial charge is 0.325 e. The van der Waals surface area contributed by atoms with Crippen molar-refractivity contribution < 1.29 is 9.59 Å². The number of aryl methyl sites for hydroxylation is 1. The Kier molecular flexibility index (Phi) is 2.83. The Morgan fingerprint density at radius 2 is 2.05 bits per heavy atom. The van der Waals surface area contributed by atoms with Crippen molar-refractivity contribution in [2.75, 3.05) is 0 Å². The number of amides is 3. The molecule has 7 heteroatoms. The Labute approximate surface area is 129 Å². The van der Waals surface area contributed by atoms with Gasteiger partial charge in [-0.15, -0.1) is 10.2 Å². The molecule has 22 heavy (non-hydrogen) atoms. The number of nitrogens with one attached hydrogen (secondary N) is 1. The molecule has 4 rings (SSSR count). The molecule has 1 unspecified atom stereocenters. The molecular formula is C15H21N5O2. The van der Waals surface area contributed by atoms with Gasteiger partial charge in [0.25, 0.3) is 5.91 Å². The maximum atomic E-state index is 12.8. The van der Waals surface area contributed by atoms with E-state index in [9.17, 15) is 9.59 Å². The Hall–Kier alpha value is -1.92. The van der Waals surface area contributed by atoms with Crippen molar-refractivity contribution in [3.63, 3.8) is 0 Å². The van der Waals surface area contributed by atoms with Crippen LogP contribution in [0.2, 0.25) is 0 Å². The summed E-state index contributed by atoms with van der Waals surface area (Å²) >= 11 is 0. The molecule has 0 bridgehead atoms. The molecule has 1 saturated heterocycles. The number of rotatable bonds is 3. The molecule has 3 aliphatic rings. The molecule has 1 atom stereocenters. The van der Waals surface area contributed by atoms with Crippen LogP contribution in [0.15, 0.2) is 6.33 Å². The standard InChI is InChI=1S/C15H21N5O2/c1-9(12-18-16-8-19(12)2)20-13(21)15(17-14(20)22)6-11(7-15)10-4-3-5-10/h8-11H,3-7H2,1-2H3,(H,17,22). The van der Waals surface area contributed by atoms with Crippen molar-refractivity contribution in [1.82, 2.24) is 25.0 Å². The minimum Gasteiger partial charge on any atom is -0.323 e. The third-order valence-corrected chi connectivity index (χ3v) is 5.74. The Morgan fingerprint density at radius 1 is 1.32 bits per heavy atom. The van der Waals surface area contributed by atoms with Crippen molar-refractivity contribution in [2.24, 2.45) is 18.9 Å². The second-order valence-corrected chi connectivity index (χ2v) is 7.02. The highest BCUT2D eigenvalue weighted by atomic mass is 16.2. The Balaban J connectivity index is 1.52. The molecular weight excluding hydrogens is 282 g/mol. The molecule has 1 aromatic heterocycles. The maximum Gasteiger partial charge on any atom is 0.325 e. The smallest absolute Gasteiger partial charge is 0.323 e. The number of imide groups is 1. The van der Waals surface area contributed by atoms with Crippen LogP contribution in [0.3, 0.4) is 0 Å². The van der Waals surface area contributed by atoms with Gasteiger partial charge in [-0.1, -0.05) is 19.3 Å². The lowest BCUT2D eigenvalue weighted by atomic mass is 9.58. The quantitative estimate of drug-likeness (QED) is 0.855. The van der Waals surface area contributed by atoms with E-state index in [0.29, 0.717) is 11.7 Å². The zero-order valence-corrected chi connectivity index (χ0v) is 13.0. The minimum absolute atomic E-state index is 0.0939. The number of carbonyl (C=O) groups is 2. The van der Waals surface area contributed by atoms with Gasteiger partial charge in [-0.3, -0.25) is 9.69 Å². The van der Waals surface area contributed by atoms with Crippen LogP contribution in [0.1, 0.15) is 50.9 Å². The van der Waals surface area contributed by atoms with Gasteiger partial charge in [0.1, 0.15) is 11.9 Å². The number of carbonyl (C=O) groups excluding carboxylic acids is 2. The number of hydrogen-bond donors (Lipinski definition) is 1. The molecule has 1 spiro atoms. The van der Waals surface area contributed by atoms with Gasteiger partial charge < -0.3 is 9.88 Å². The van der Waals surface area contributed by atoms with Crippen LogP contribution in [0.25, 0.3) is 0 Å². The summed E-state index contributed by atoms with van der Waals surface area (Å²) in [6, 6.07) is -0.699. The lowest BCUT2D eigenvalue weighted by Gasteiger charge is -2.49. The van der Waals surface area contributed by atoms with E-state index in [1.807, 2.05) is 14.0 Å². The normalized spacial score (nSPS) is 32.8. The highest BCUT2D eigenvalue weighted by molar-refractivity contribution is 6.08. The van der Waals surface area contributed by atoms with E-state index in [2.05, 4.69) is 15.5 Å². The molecule has 1 N–H and O–H groups in total. The number of hydrogen-bond acceptors (Lipinski definition) is 4. The Bertz CT molecular complexity index is 630. The minimum atomic E-state index is -0.649. The first-order valence-corrected chi connectivity index (χ1v) is 8.01. The van der Waals surface area contributed by atoms with E-state index in [0.717, 1.165) is 18.8 Å². The third-order valence-electron chi connectivity index (χ3n) is 5.74. The van der Waals surface area contributed by atoms with Crippen LogP contribution < -0.4 is 5.32 Å². The molecule has 0 aromatic carbocycles. The summed E-state index contributed by atoms with van der Waals surface area (Å²) in [6.45, 7) is 1.82. The lowest BCUT2D eigenvalue weighted by molar-refractivity contribution is -0.139. The zero-order chi connectivity index (χ0) is 15.5. The third kappa shape index (κ3) is 1.74. The zero-order valence-electron chi connectivity index (χ0n) is 13.0. The predicted octanol–water partition coefficient (Wildman–Crippen LogP) is 1.38. The average molecular weight is 303 g/mol. The summed E-state index contributed by atoms with van der Waals surface area (Å²) in [4.78, 5) is 26.5. The fraction of sp³-hybridized carbons (Fsp3) is 0.733. The van der Waals surface area contributed by atoms with Crippen LogP contribution in [0, 0.1) is 11.8 Å². The van der Waals surface area contributed by atoms with Crippen molar-refractivity contribution in [3.8, 4) is 0 Å². The molecule has 0 radical (unpaired) electrons. The SMILES string of the molecule is CC(c1nncn1C)N1C(=O)NC2(CC(C3CCC3)C2)C1=O. The highest BCUT2D eigenvalue weighted by Gasteiger charge is 2.61. The second kappa shape index (κ2) is 4.54. The fourth-order valence-electron chi connectivity index (χ4n) is 4.14.